The van der Waals surface area contributed by atoms with Crippen LogP contribution in [0.3, 0.4) is 0 Å². The van der Waals surface area contributed by atoms with Crippen LogP contribution < -0.4 is 10.6 Å². The smallest absolute Gasteiger partial charge is 0.416 e. The van der Waals surface area contributed by atoms with Gasteiger partial charge in [0.05, 0.1) is 29.9 Å². The number of halogens is 3. The highest BCUT2D eigenvalue weighted by Gasteiger charge is 2.63. The molecule has 1 aliphatic rings. The summed E-state index contributed by atoms with van der Waals surface area (Å²) in [5, 5.41) is 4.99. The van der Waals surface area contributed by atoms with E-state index in [1.54, 1.807) is 20.8 Å². The molecule has 2 amide bonds. The first-order valence-electron chi connectivity index (χ1n) is 8.51. The van der Waals surface area contributed by atoms with Gasteiger partial charge in [-0.15, -0.1) is 0 Å². The number of anilines is 1. The number of esters is 1. The number of hydrogen-bond acceptors (Lipinski definition) is 4. The molecule has 27 heavy (non-hydrogen) atoms. The van der Waals surface area contributed by atoms with E-state index in [0.29, 0.717) is 0 Å². The summed E-state index contributed by atoms with van der Waals surface area (Å²) in [6, 6.07) is 3.96. The Bertz CT molecular complexity index is 734. The van der Waals surface area contributed by atoms with Gasteiger partial charge in [0, 0.05) is 11.7 Å². The van der Waals surface area contributed by atoms with Crippen LogP contribution in [0.15, 0.2) is 24.3 Å². The molecule has 9 heteroatoms. The predicted octanol–water partition coefficient (Wildman–Crippen LogP) is 2.59. The molecule has 0 bridgehead atoms. The highest BCUT2D eigenvalue weighted by atomic mass is 19.4. The summed E-state index contributed by atoms with van der Waals surface area (Å²) >= 11 is 0. The maximum absolute atomic E-state index is 12.8. The molecule has 1 aromatic rings. The molecule has 0 radical (unpaired) electrons. The summed E-state index contributed by atoms with van der Waals surface area (Å²) in [5.74, 6) is -4.68. The Morgan fingerprint density at radius 2 is 1.74 bits per heavy atom. The molecule has 0 aromatic heterocycles. The second-order valence-corrected chi connectivity index (χ2v) is 6.56. The Balaban J connectivity index is 2.15. The molecule has 0 aliphatic heterocycles. The highest BCUT2D eigenvalue weighted by Crippen LogP contribution is 2.48. The second-order valence-electron chi connectivity index (χ2n) is 6.56. The molecule has 148 valence electrons. The third kappa shape index (κ3) is 4.99. The maximum atomic E-state index is 12.8. The van der Waals surface area contributed by atoms with Crippen molar-refractivity contribution in [3.8, 4) is 0 Å². The fourth-order valence-electron chi connectivity index (χ4n) is 2.87. The topological polar surface area (TPSA) is 84.5 Å². The van der Waals surface area contributed by atoms with Gasteiger partial charge in [0.2, 0.25) is 11.8 Å². The molecule has 0 spiro atoms. The molecule has 6 nitrogen and oxygen atoms in total. The van der Waals surface area contributed by atoms with Crippen molar-refractivity contribution in [1.29, 1.82) is 0 Å². The van der Waals surface area contributed by atoms with Gasteiger partial charge in [-0.2, -0.15) is 13.2 Å². The van der Waals surface area contributed by atoms with Crippen LogP contribution in [0.2, 0.25) is 0 Å². The van der Waals surface area contributed by atoms with Gasteiger partial charge < -0.3 is 15.4 Å². The van der Waals surface area contributed by atoms with E-state index in [-0.39, 0.29) is 18.3 Å². The standard InChI is InChI=1S/C18H21F3N2O4/c1-4-27-17(26)14-12(15(24)22-9(2)3)13(14)16(25)23-11-7-5-6-10(8-11)18(19,20)21/h5-9,12-14H,4H2,1-3H3,(H,22,24)(H,23,25)/t12-,13-,14-/m0/s1. The average molecular weight is 386 g/mol. The normalized spacial score (nSPS) is 21.5. The zero-order chi connectivity index (χ0) is 20.4. The molecular formula is C18H21F3N2O4. The van der Waals surface area contributed by atoms with E-state index in [2.05, 4.69) is 10.6 Å². The highest BCUT2D eigenvalue weighted by molar-refractivity contribution is 6.05. The lowest BCUT2D eigenvalue weighted by Crippen LogP contribution is -2.33. The molecule has 1 aliphatic carbocycles. The van der Waals surface area contributed by atoms with Gasteiger partial charge in [-0.3, -0.25) is 14.4 Å². The molecule has 1 fully saturated rings. The zero-order valence-electron chi connectivity index (χ0n) is 15.1. The maximum Gasteiger partial charge on any atom is 0.416 e. The van der Waals surface area contributed by atoms with Crippen LogP contribution in [0.4, 0.5) is 18.9 Å². The summed E-state index contributed by atoms with van der Waals surface area (Å²) in [7, 11) is 0. The van der Waals surface area contributed by atoms with Gasteiger partial charge in [0.1, 0.15) is 0 Å². The van der Waals surface area contributed by atoms with E-state index in [9.17, 15) is 27.6 Å². The van der Waals surface area contributed by atoms with Crippen molar-refractivity contribution in [2.45, 2.75) is 33.0 Å². The number of amides is 2. The summed E-state index contributed by atoms with van der Waals surface area (Å²) in [6.45, 7) is 5.16. The van der Waals surface area contributed by atoms with Crippen molar-refractivity contribution >= 4 is 23.5 Å². The van der Waals surface area contributed by atoms with Crippen molar-refractivity contribution in [2.24, 2.45) is 17.8 Å². The fraction of sp³-hybridized carbons (Fsp3) is 0.500. The fourth-order valence-corrected chi connectivity index (χ4v) is 2.87. The van der Waals surface area contributed by atoms with Gasteiger partial charge in [0.25, 0.3) is 0 Å². The van der Waals surface area contributed by atoms with Crippen LogP contribution in [-0.2, 0) is 25.3 Å². The monoisotopic (exact) mass is 386 g/mol. The van der Waals surface area contributed by atoms with Gasteiger partial charge in [-0.1, -0.05) is 6.07 Å². The van der Waals surface area contributed by atoms with Crippen LogP contribution in [0.5, 0.6) is 0 Å². The van der Waals surface area contributed by atoms with Crippen LogP contribution in [0, 0.1) is 17.8 Å². The van der Waals surface area contributed by atoms with E-state index in [1.807, 2.05) is 0 Å². The van der Waals surface area contributed by atoms with E-state index in [4.69, 9.17) is 4.74 Å². The molecule has 0 heterocycles. The minimum Gasteiger partial charge on any atom is -0.466 e. The molecular weight excluding hydrogens is 365 g/mol. The van der Waals surface area contributed by atoms with Crippen molar-refractivity contribution in [3.63, 3.8) is 0 Å². The van der Waals surface area contributed by atoms with E-state index in [0.717, 1.165) is 18.2 Å². The minimum absolute atomic E-state index is 0.0626. The van der Waals surface area contributed by atoms with Crippen LogP contribution in [0.25, 0.3) is 0 Å². The minimum atomic E-state index is -4.55. The summed E-state index contributed by atoms with van der Waals surface area (Å²) in [4.78, 5) is 36.7. The van der Waals surface area contributed by atoms with Crippen LogP contribution >= 0.6 is 0 Å². The molecule has 2 rings (SSSR count). The molecule has 0 saturated heterocycles. The Morgan fingerprint density at radius 1 is 1.11 bits per heavy atom. The van der Waals surface area contributed by atoms with Gasteiger partial charge in [-0.25, -0.2) is 0 Å². The van der Waals surface area contributed by atoms with E-state index >= 15 is 0 Å². The second kappa shape index (κ2) is 7.98. The van der Waals surface area contributed by atoms with Gasteiger partial charge in [-0.05, 0) is 39.0 Å². The summed E-state index contributed by atoms with van der Waals surface area (Å²) in [6.07, 6.45) is -4.55. The van der Waals surface area contributed by atoms with Crippen LogP contribution in [0.1, 0.15) is 26.3 Å². The number of hydrogen-bond donors (Lipinski definition) is 2. The molecule has 1 saturated carbocycles. The Kier molecular flexibility index (Phi) is 6.12. The molecule has 1 aromatic carbocycles. The number of rotatable bonds is 6. The van der Waals surface area contributed by atoms with Crippen molar-refractivity contribution in [1.82, 2.24) is 5.32 Å². The number of alkyl halides is 3. The number of carbonyl (C=O) groups is 3. The lowest BCUT2D eigenvalue weighted by molar-refractivity contribution is -0.146. The third-order valence-corrected chi connectivity index (χ3v) is 4.07. The predicted molar refractivity (Wildman–Crippen MR) is 90.5 cm³/mol. The summed E-state index contributed by atoms with van der Waals surface area (Å²) in [5.41, 5.74) is -0.973. The van der Waals surface area contributed by atoms with Crippen molar-refractivity contribution < 1.29 is 32.3 Å². The molecule has 2 N–H and O–H groups in total. The first-order chi connectivity index (χ1) is 12.6. The van der Waals surface area contributed by atoms with Gasteiger partial charge in [0.15, 0.2) is 0 Å². The molecule has 3 atom stereocenters. The average Bonchev–Trinajstić information content (AvgIpc) is 3.30. The largest absolute Gasteiger partial charge is 0.466 e. The lowest BCUT2D eigenvalue weighted by Gasteiger charge is -2.10. The first kappa shape index (κ1) is 20.7. The third-order valence-electron chi connectivity index (χ3n) is 4.07. The van der Waals surface area contributed by atoms with Gasteiger partial charge >= 0.3 is 12.1 Å². The Labute approximate surface area is 154 Å². The zero-order valence-corrected chi connectivity index (χ0v) is 15.1. The van der Waals surface area contributed by atoms with E-state index in [1.165, 1.54) is 6.07 Å². The first-order valence-corrected chi connectivity index (χ1v) is 8.51. The number of ether oxygens (including phenoxy) is 1. The Hall–Kier alpha value is -2.58. The number of benzene rings is 1. The van der Waals surface area contributed by atoms with E-state index < -0.39 is 47.3 Å². The summed E-state index contributed by atoms with van der Waals surface area (Å²) < 4.78 is 43.3. The number of carbonyl (C=O) groups excluding carboxylic acids is 3. The van der Waals surface area contributed by atoms with Crippen molar-refractivity contribution in [2.75, 3.05) is 11.9 Å². The lowest BCUT2D eigenvalue weighted by atomic mass is 10.2. The quantitative estimate of drug-likeness (QED) is 0.736. The Morgan fingerprint density at radius 3 is 2.30 bits per heavy atom. The van der Waals surface area contributed by atoms with Crippen molar-refractivity contribution in [3.05, 3.63) is 29.8 Å². The van der Waals surface area contributed by atoms with Crippen LogP contribution in [-0.4, -0.2) is 30.4 Å². The number of nitrogens with one attached hydrogen (secondary N) is 2. The molecule has 0 unspecified atom stereocenters. The SMILES string of the molecule is CCOC(=O)[C@@H]1[C@@H](C(=O)Nc2cccc(C(F)(F)F)c2)[C@@H]1C(=O)NC(C)C.